The van der Waals surface area contributed by atoms with Crippen LogP contribution in [0.4, 0.5) is 0 Å². The van der Waals surface area contributed by atoms with Crippen molar-refractivity contribution in [3.8, 4) is 5.75 Å². The quantitative estimate of drug-likeness (QED) is 0.445. The van der Waals surface area contributed by atoms with Crippen LogP contribution in [-0.4, -0.2) is 32.2 Å². The molecule has 8 nitrogen and oxygen atoms in total. The number of halogens is 1. The zero-order valence-electron chi connectivity index (χ0n) is 15.6. The number of fused-ring (bicyclic) bond motifs is 3. The van der Waals surface area contributed by atoms with Gasteiger partial charge >= 0.3 is 0 Å². The van der Waals surface area contributed by atoms with Crippen molar-refractivity contribution in [2.75, 3.05) is 0 Å². The summed E-state index contributed by atoms with van der Waals surface area (Å²) in [6, 6.07) is 4.87. The maximum atomic E-state index is 12.9. The minimum absolute atomic E-state index is 0.0373. The molecule has 1 aliphatic rings. The number of carbonyl (C=O) groups is 1. The monoisotopic (exact) mass is 475 g/mol. The number of carbonyl (C=O) groups excluding carboxylic acids is 1. The molecule has 0 fully saturated rings. The Balaban J connectivity index is 1.51. The van der Waals surface area contributed by atoms with Crippen LogP contribution in [0, 0.1) is 5.92 Å². The fourth-order valence-corrected chi connectivity index (χ4v) is 5.07. The molecule has 3 aromatic rings. The number of nitrogens with zero attached hydrogens (tertiary/aromatic N) is 4. The third-order valence-electron chi connectivity index (χ3n) is 4.86. The molecule has 150 valence electrons. The van der Waals surface area contributed by atoms with Crippen LogP contribution in [0.15, 0.2) is 32.6 Å². The number of hydrogen-bond donors (Lipinski definition) is 2. The van der Waals surface area contributed by atoms with Crippen LogP contribution in [-0.2, 0) is 24.2 Å². The molecule has 0 radical (unpaired) electrons. The van der Waals surface area contributed by atoms with Crippen LogP contribution in [0.1, 0.15) is 29.3 Å². The molecule has 0 saturated heterocycles. The molecule has 4 rings (SSSR count). The molecule has 10 heteroatoms. The zero-order valence-corrected chi connectivity index (χ0v) is 18.0. The van der Waals surface area contributed by atoms with Gasteiger partial charge in [-0.2, -0.15) is 5.10 Å². The molecule has 1 unspecified atom stereocenters. The van der Waals surface area contributed by atoms with Crippen molar-refractivity contribution in [3.05, 3.63) is 49.0 Å². The molecule has 2 heterocycles. The maximum Gasteiger partial charge on any atom is 0.279 e. The summed E-state index contributed by atoms with van der Waals surface area (Å²) in [5, 5.41) is 22.3. The predicted molar refractivity (Wildman–Crippen MR) is 114 cm³/mol. The molecule has 0 bridgehead atoms. The number of thiophene rings is 1. The Labute approximate surface area is 178 Å². The van der Waals surface area contributed by atoms with Crippen LogP contribution in [0.3, 0.4) is 0 Å². The number of nitrogens with one attached hydrogen (secondary N) is 1. The standard InChI is InChI=1S/C19H18BrN5O3S/c1-10-2-4-13-15(6-10)29-18-17(13)19(28)25(24-23-18)9-16(27)22-21-8-11-7-12(20)3-5-14(11)26/h3,5,7-8,10,26H,2,4,6,9H2,1H3,(H,22,27)/b21-8-. The Morgan fingerprint density at radius 3 is 3.17 bits per heavy atom. The molecule has 29 heavy (non-hydrogen) atoms. The van der Waals surface area contributed by atoms with Gasteiger partial charge in [0.2, 0.25) is 0 Å². The first kappa shape index (κ1) is 19.7. The lowest BCUT2D eigenvalue weighted by atomic mass is 9.89. The van der Waals surface area contributed by atoms with Gasteiger partial charge in [-0.05, 0) is 48.9 Å². The number of benzene rings is 1. The highest BCUT2D eigenvalue weighted by atomic mass is 79.9. The van der Waals surface area contributed by atoms with Crippen LogP contribution in [0.2, 0.25) is 0 Å². The number of rotatable bonds is 4. The third-order valence-corrected chi connectivity index (χ3v) is 6.49. The van der Waals surface area contributed by atoms with E-state index in [0.717, 1.165) is 34.0 Å². The molecule has 1 aromatic carbocycles. The fourth-order valence-electron chi connectivity index (χ4n) is 3.37. The van der Waals surface area contributed by atoms with Gasteiger partial charge in [0.05, 0.1) is 11.6 Å². The molecule has 2 aromatic heterocycles. The average molecular weight is 476 g/mol. The van der Waals surface area contributed by atoms with Crippen molar-refractivity contribution in [1.29, 1.82) is 0 Å². The molecular formula is C19H18BrN5O3S. The van der Waals surface area contributed by atoms with E-state index < -0.39 is 5.91 Å². The van der Waals surface area contributed by atoms with Gasteiger partial charge in [0.1, 0.15) is 12.3 Å². The first-order valence-corrected chi connectivity index (χ1v) is 10.7. The van der Waals surface area contributed by atoms with Gasteiger partial charge in [-0.3, -0.25) is 9.59 Å². The number of aryl methyl sites for hydroxylation is 1. The fraction of sp³-hybridized carbons (Fsp3) is 0.316. The Morgan fingerprint density at radius 1 is 1.52 bits per heavy atom. The number of aromatic hydroxyl groups is 1. The number of amides is 1. The van der Waals surface area contributed by atoms with Crippen molar-refractivity contribution in [2.45, 2.75) is 32.7 Å². The lowest BCUT2D eigenvalue weighted by Crippen LogP contribution is -2.32. The van der Waals surface area contributed by atoms with Crippen LogP contribution < -0.4 is 11.0 Å². The average Bonchev–Trinajstić information content (AvgIpc) is 3.05. The van der Waals surface area contributed by atoms with Crippen LogP contribution >= 0.6 is 27.3 Å². The molecule has 2 N–H and O–H groups in total. The van der Waals surface area contributed by atoms with E-state index >= 15 is 0 Å². The van der Waals surface area contributed by atoms with Crippen molar-refractivity contribution in [1.82, 2.24) is 20.4 Å². The van der Waals surface area contributed by atoms with E-state index in [-0.39, 0.29) is 17.9 Å². The number of phenols is 1. The summed E-state index contributed by atoms with van der Waals surface area (Å²) in [7, 11) is 0. The minimum Gasteiger partial charge on any atom is -0.507 e. The van der Waals surface area contributed by atoms with Crippen molar-refractivity contribution >= 4 is 49.6 Å². The van der Waals surface area contributed by atoms with Gasteiger partial charge in [0, 0.05) is 14.9 Å². The number of hydrazone groups is 1. The van der Waals surface area contributed by atoms with Gasteiger partial charge < -0.3 is 5.11 Å². The summed E-state index contributed by atoms with van der Waals surface area (Å²) in [5.74, 6) is 0.124. The summed E-state index contributed by atoms with van der Waals surface area (Å²) in [4.78, 5) is 26.9. The number of hydrogen-bond acceptors (Lipinski definition) is 7. The lowest BCUT2D eigenvalue weighted by Gasteiger charge is -2.17. The topological polar surface area (TPSA) is 109 Å². The van der Waals surface area contributed by atoms with Gasteiger partial charge in [-0.25, -0.2) is 10.1 Å². The van der Waals surface area contributed by atoms with Gasteiger partial charge in [-0.1, -0.05) is 28.1 Å². The number of phenolic OH excluding ortho intramolecular Hbond substituents is 1. The zero-order chi connectivity index (χ0) is 20.5. The first-order valence-electron chi connectivity index (χ1n) is 9.11. The van der Waals surface area contributed by atoms with Crippen molar-refractivity contribution in [2.24, 2.45) is 11.0 Å². The summed E-state index contributed by atoms with van der Waals surface area (Å²) in [6.45, 7) is 1.92. The first-order chi connectivity index (χ1) is 13.9. The smallest absolute Gasteiger partial charge is 0.279 e. The molecule has 0 saturated carbocycles. The Kier molecular flexibility index (Phi) is 5.46. The van der Waals surface area contributed by atoms with Gasteiger partial charge in [0.15, 0.2) is 4.83 Å². The van der Waals surface area contributed by atoms with Crippen LogP contribution in [0.5, 0.6) is 5.75 Å². The maximum absolute atomic E-state index is 12.9. The van der Waals surface area contributed by atoms with E-state index in [1.54, 1.807) is 12.1 Å². The normalized spacial score (nSPS) is 16.3. The third kappa shape index (κ3) is 4.08. The largest absolute Gasteiger partial charge is 0.507 e. The van der Waals surface area contributed by atoms with Gasteiger partial charge in [0.25, 0.3) is 11.5 Å². The Hall–Kier alpha value is -2.59. The van der Waals surface area contributed by atoms with E-state index in [4.69, 9.17) is 0 Å². The van der Waals surface area contributed by atoms with E-state index in [9.17, 15) is 14.7 Å². The SMILES string of the molecule is CC1CCc2c(sc3nnn(CC(=O)N/N=C\c4cc(Br)ccc4O)c(=O)c23)C1. The van der Waals surface area contributed by atoms with Crippen molar-refractivity contribution in [3.63, 3.8) is 0 Å². The minimum atomic E-state index is -0.510. The summed E-state index contributed by atoms with van der Waals surface area (Å²) < 4.78 is 1.83. The molecule has 0 spiro atoms. The highest BCUT2D eigenvalue weighted by Gasteiger charge is 2.24. The second kappa shape index (κ2) is 8.03. The molecule has 1 amide bonds. The molecular weight excluding hydrogens is 458 g/mol. The Bertz CT molecular complexity index is 1190. The highest BCUT2D eigenvalue weighted by Crippen LogP contribution is 2.35. The molecule has 0 aliphatic heterocycles. The number of aromatic nitrogens is 3. The molecule has 1 atom stereocenters. The predicted octanol–water partition coefficient (Wildman–Crippen LogP) is 2.60. The van der Waals surface area contributed by atoms with E-state index in [2.05, 4.69) is 43.7 Å². The van der Waals surface area contributed by atoms with Crippen molar-refractivity contribution < 1.29 is 9.90 Å². The highest BCUT2D eigenvalue weighted by molar-refractivity contribution is 9.10. The lowest BCUT2D eigenvalue weighted by molar-refractivity contribution is -0.121. The Morgan fingerprint density at radius 2 is 2.34 bits per heavy atom. The second-order valence-corrected chi connectivity index (χ2v) is 9.08. The second-order valence-electron chi connectivity index (χ2n) is 7.08. The summed E-state index contributed by atoms with van der Waals surface area (Å²) in [6.07, 6.45) is 4.17. The van der Waals surface area contributed by atoms with Crippen LogP contribution in [0.25, 0.3) is 10.2 Å². The van der Waals surface area contributed by atoms with E-state index in [1.165, 1.54) is 28.5 Å². The molecule has 1 aliphatic carbocycles. The van der Waals surface area contributed by atoms with E-state index in [0.29, 0.717) is 21.7 Å². The summed E-state index contributed by atoms with van der Waals surface area (Å²) in [5.41, 5.74) is 3.54. The van der Waals surface area contributed by atoms with Gasteiger partial charge in [-0.15, -0.1) is 16.4 Å². The summed E-state index contributed by atoms with van der Waals surface area (Å²) >= 11 is 4.82. The van der Waals surface area contributed by atoms with E-state index in [1.807, 2.05) is 0 Å².